The molecule has 0 amide bonds. The van der Waals surface area contributed by atoms with Crippen molar-refractivity contribution in [3.63, 3.8) is 0 Å². The summed E-state index contributed by atoms with van der Waals surface area (Å²) in [5, 5.41) is 13.5. The Balaban J connectivity index is 2.08. The van der Waals surface area contributed by atoms with Crippen molar-refractivity contribution in [3.8, 4) is 0 Å². The highest BCUT2D eigenvalue weighted by molar-refractivity contribution is 9.10. The molecule has 0 spiro atoms. The van der Waals surface area contributed by atoms with E-state index in [-0.39, 0.29) is 12.4 Å². The number of halogens is 2. The van der Waals surface area contributed by atoms with Crippen molar-refractivity contribution in [2.75, 3.05) is 11.9 Å². The summed E-state index contributed by atoms with van der Waals surface area (Å²) in [5.74, 6) is 0.371. The van der Waals surface area contributed by atoms with Crippen LogP contribution in [0.15, 0.2) is 40.9 Å². The van der Waals surface area contributed by atoms with Gasteiger partial charge in [-0.15, -0.1) is 0 Å². The fraction of sp³-hybridized carbons (Fsp3) is 0.267. The van der Waals surface area contributed by atoms with E-state index in [1.54, 1.807) is 19.1 Å². The first-order valence-corrected chi connectivity index (χ1v) is 7.03. The first-order valence-electron chi connectivity index (χ1n) is 6.24. The normalized spacial score (nSPS) is 13.8. The van der Waals surface area contributed by atoms with E-state index in [0.29, 0.717) is 11.4 Å². The lowest BCUT2D eigenvalue weighted by molar-refractivity contribution is 0.0714. The number of hydrogen-bond acceptors (Lipinski definition) is 3. The predicted octanol–water partition coefficient (Wildman–Crippen LogP) is 3.61. The first kappa shape index (κ1) is 14.9. The third-order valence-electron chi connectivity index (χ3n) is 3.10. The molecule has 0 saturated carbocycles. The minimum absolute atomic E-state index is 0.284. The van der Waals surface area contributed by atoms with Gasteiger partial charge in [0.25, 0.3) is 0 Å². The standard InChI is InChI=1S/C15H16BrFN2O/c1-10-13(16)7-8-14(19-10)18-9-15(2,20)11-3-5-12(17)6-4-11/h3-8,20H,9H2,1-2H3,(H,18,19). The zero-order valence-electron chi connectivity index (χ0n) is 11.3. The number of nitrogens with one attached hydrogen (secondary N) is 1. The molecule has 1 aromatic carbocycles. The molecule has 20 heavy (non-hydrogen) atoms. The summed E-state index contributed by atoms with van der Waals surface area (Å²) in [6.07, 6.45) is 0. The molecule has 0 radical (unpaired) electrons. The summed E-state index contributed by atoms with van der Waals surface area (Å²) in [6, 6.07) is 9.57. The summed E-state index contributed by atoms with van der Waals surface area (Å²) < 4.78 is 13.8. The van der Waals surface area contributed by atoms with Crippen LogP contribution >= 0.6 is 15.9 Å². The third-order valence-corrected chi connectivity index (χ3v) is 3.94. The summed E-state index contributed by atoms with van der Waals surface area (Å²) in [6.45, 7) is 3.86. The molecule has 1 unspecified atom stereocenters. The van der Waals surface area contributed by atoms with Gasteiger partial charge in [-0.2, -0.15) is 0 Å². The summed E-state index contributed by atoms with van der Waals surface area (Å²) in [4.78, 5) is 4.35. The van der Waals surface area contributed by atoms with Crippen LogP contribution in [0.5, 0.6) is 0 Å². The number of hydrogen-bond donors (Lipinski definition) is 2. The monoisotopic (exact) mass is 338 g/mol. The largest absolute Gasteiger partial charge is 0.384 e. The van der Waals surface area contributed by atoms with Crippen molar-refractivity contribution in [2.24, 2.45) is 0 Å². The number of anilines is 1. The average Bonchev–Trinajstić information content (AvgIpc) is 2.41. The van der Waals surface area contributed by atoms with E-state index >= 15 is 0 Å². The quantitative estimate of drug-likeness (QED) is 0.894. The smallest absolute Gasteiger partial charge is 0.126 e. The number of aryl methyl sites for hydroxylation is 1. The Morgan fingerprint density at radius 1 is 1.25 bits per heavy atom. The van der Waals surface area contributed by atoms with Gasteiger partial charge in [0.1, 0.15) is 17.2 Å². The topological polar surface area (TPSA) is 45.2 Å². The van der Waals surface area contributed by atoms with Crippen LogP contribution in [0.2, 0.25) is 0 Å². The number of benzene rings is 1. The van der Waals surface area contributed by atoms with E-state index in [4.69, 9.17) is 0 Å². The number of rotatable bonds is 4. The molecule has 0 fully saturated rings. The summed E-state index contributed by atoms with van der Waals surface area (Å²) in [7, 11) is 0. The number of nitrogens with zero attached hydrogens (tertiary/aromatic N) is 1. The van der Waals surface area contributed by atoms with E-state index in [2.05, 4.69) is 26.2 Å². The van der Waals surface area contributed by atoms with Crippen molar-refractivity contribution >= 4 is 21.7 Å². The predicted molar refractivity (Wildman–Crippen MR) is 81.1 cm³/mol. The second kappa shape index (κ2) is 5.89. The van der Waals surface area contributed by atoms with Gasteiger partial charge in [-0.3, -0.25) is 0 Å². The fourth-order valence-electron chi connectivity index (χ4n) is 1.82. The average molecular weight is 339 g/mol. The van der Waals surface area contributed by atoms with E-state index < -0.39 is 5.60 Å². The van der Waals surface area contributed by atoms with Gasteiger partial charge < -0.3 is 10.4 Å². The molecular formula is C15H16BrFN2O. The lowest BCUT2D eigenvalue weighted by Crippen LogP contribution is -2.31. The Hall–Kier alpha value is -1.46. The molecule has 0 aliphatic rings. The van der Waals surface area contributed by atoms with E-state index in [0.717, 1.165) is 10.2 Å². The SMILES string of the molecule is Cc1nc(NCC(C)(O)c2ccc(F)cc2)ccc1Br. The van der Waals surface area contributed by atoms with Crippen LogP contribution in [0.4, 0.5) is 10.2 Å². The Bertz CT molecular complexity index is 599. The van der Waals surface area contributed by atoms with Crippen LogP contribution in [-0.4, -0.2) is 16.6 Å². The molecule has 2 aromatic rings. The molecule has 2 rings (SSSR count). The molecule has 1 heterocycles. The zero-order chi connectivity index (χ0) is 14.8. The van der Waals surface area contributed by atoms with E-state index in [1.807, 2.05) is 19.1 Å². The van der Waals surface area contributed by atoms with Crippen LogP contribution in [-0.2, 0) is 5.60 Å². The van der Waals surface area contributed by atoms with Gasteiger partial charge in [0.2, 0.25) is 0 Å². The molecule has 5 heteroatoms. The molecule has 2 N–H and O–H groups in total. The zero-order valence-corrected chi connectivity index (χ0v) is 12.9. The highest BCUT2D eigenvalue weighted by Gasteiger charge is 2.23. The first-order chi connectivity index (χ1) is 9.38. The van der Waals surface area contributed by atoms with Gasteiger partial charge in [0.05, 0.1) is 5.69 Å². The lowest BCUT2D eigenvalue weighted by atomic mass is 9.96. The van der Waals surface area contributed by atoms with Crippen molar-refractivity contribution in [1.82, 2.24) is 4.98 Å². The lowest BCUT2D eigenvalue weighted by Gasteiger charge is -2.24. The van der Waals surface area contributed by atoms with Gasteiger partial charge in [-0.1, -0.05) is 12.1 Å². The molecule has 0 aliphatic heterocycles. The van der Waals surface area contributed by atoms with Crippen LogP contribution in [0.3, 0.4) is 0 Å². The molecule has 0 bridgehead atoms. The summed E-state index contributed by atoms with van der Waals surface area (Å²) in [5.41, 5.74) is 0.424. The van der Waals surface area contributed by atoms with Crippen molar-refractivity contribution in [2.45, 2.75) is 19.4 Å². The highest BCUT2D eigenvalue weighted by Crippen LogP contribution is 2.22. The minimum atomic E-state index is -1.10. The molecule has 0 saturated heterocycles. The Morgan fingerprint density at radius 2 is 1.90 bits per heavy atom. The van der Waals surface area contributed by atoms with E-state index in [1.165, 1.54) is 12.1 Å². The van der Waals surface area contributed by atoms with Gasteiger partial charge in [0, 0.05) is 11.0 Å². The second-order valence-corrected chi connectivity index (χ2v) is 5.75. The molecule has 1 aromatic heterocycles. The molecule has 3 nitrogen and oxygen atoms in total. The van der Waals surface area contributed by atoms with Gasteiger partial charge in [0.15, 0.2) is 0 Å². The van der Waals surface area contributed by atoms with Crippen LogP contribution in [0, 0.1) is 12.7 Å². The van der Waals surface area contributed by atoms with Gasteiger partial charge in [-0.05, 0) is 59.6 Å². The number of aromatic nitrogens is 1. The molecule has 1 atom stereocenters. The van der Waals surface area contributed by atoms with Crippen LogP contribution < -0.4 is 5.32 Å². The maximum absolute atomic E-state index is 12.9. The Labute approximate surface area is 126 Å². The van der Waals surface area contributed by atoms with Crippen LogP contribution in [0.25, 0.3) is 0 Å². The molecule has 0 aliphatic carbocycles. The minimum Gasteiger partial charge on any atom is -0.384 e. The van der Waals surface area contributed by atoms with Crippen molar-refractivity contribution in [3.05, 3.63) is 57.9 Å². The summed E-state index contributed by atoms with van der Waals surface area (Å²) >= 11 is 3.39. The van der Waals surface area contributed by atoms with Crippen molar-refractivity contribution < 1.29 is 9.50 Å². The third kappa shape index (κ3) is 3.55. The highest BCUT2D eigenvalue weighted by atomic mass is 79.9. The van der Waals surface area contributed by atoms with Crippen molar-refractivity contribution in [1.29, 1.82) is 0 Å². The van der Waals surface area contributed by atoms with Gasteiger partial charge >= 0.3 is 0 Å². The Morgan fingerprint density at radius 3 is 2.50 bits per heavy atom. The number of pyridine rings is 1. The Kier molecular flexibility index (Phi) is 4.40. The second-order valence-electron chi connectivity index (χ2n) is 4.90. The fourth-order valence-corrected chi connectivity index (χ4v) is 2.04. The maximum atomic E-state index is 12.9. The molecule has 106 valence electrons. The number of aliphatic hydroxyl groups is 1. The van der Waals surface area contributed by atoms with E-state index in [9.17, 15) is 9.50 Å². The molecular weight excluding hydrogens is 323 g/mol. The van der Waals surface area contributed by atoms with Crippen LogP contribution in [0.1, 0.15) is 18.2 Å². The maximum Gasteiger partial charge on any atom is 0.126 e. The van der Waals surface area contributed by atoms with Gasteiger partial charge in [-0.25, -0.2) is 9.37 Å².